The highest BCUT2D eigenvalue weighted by atomic mass is 19.1. The van der Waals surface area contributed by atoms with Crippen molar-refractivity contribution < 1.29 is 34.8 Å². The van der Waals surface area contributed by atoms with Crippen LogP contribution in [0.2, 0.25) is 0 Å². The number of hydrogen-bond donors (Lipinski definition) is 6. The summed E-state index contributed by atoms with van der Waals surface area (Å²) in [5.41, 5.74) is -5.35. The average molecular weight is 534 g/mol. The van der Waals surface area contributed by atoms with Crippen LogP contribution in [0.4, 0.5) is 4.39 Å². The third kappa shape index (κ3) is 7.69. The molecule has 2 rings (SSSR count). The van der Waals surface area contributed by atoms with Gasteiger partial charge in [0.05, 0.1) is 6.61 Å². The zero-order valence-electron chi connectivity index (χ0n) is 21.7. The number of nitrogens with zero attached hydrogens (tertiary/aromatic N) is 2. The summed E-state index contributed by atoms with van der Waals surface area (Å²) in [6.07, 6.45) is 8.56. The lowest BCUT2D eigenvalue weighted by Crippen LogP contribution is -2.69. The third-order valence-corrected chi connectivity index (χ3v) is 7.05. The van der Waals surface area contributed by atoms with Crippen LogP contribution in [0.5, 0.6) is 0 Å². The summed E-state index contributed by atoms with van der Waals surface area (Å²) in [6.45, 7) is 1.28. The van der Waals surface area contributed by atoms with E-state index in [1.54, 1.807) is 0 Å². The molecule has 1 saturated heterocycles. The Morgan fingerprint density at radius 2 is 1.54 bits per heavy atom. The van der Waals surface area contributed by atoms with Crippen LogP contribution in [0.25, 0.3) is 0 Å². The Morgan fingerprint density at radius 1 is 1.03 bits per heavy atom. The fourth-order valence-corrected chi connectivity index (χ4v) is 4.79. The van der Waals surface area contributed by atoms with Crippen molar-refractivity contribution in [1.82, 2.24) is 14.6 Å². The highest BCUT2D eigenvalue weighted by Gasteiger charge is 2.71. The number of aromatic nitrogens is 2. The molecule has 0 saturated carbocycles. The second-order valence-electron chi connectivity index (χ2n) is 9.91. The van der Waals surface area contributed by atoms with Crippen molar-refractivity contribution in [2.24, 2.45) is 0 Å². The van der Waals surface area contributed by atoms with Gasteiger partial charge in [-0.3, -0.25) is 9.78 Å². The van der Waals surface area contributed by atoms with E-state index in [-0.39, 0.29) is 11.5 Å². The van der Waals surface area contributed by atoms with E-state index in [9.17, 15) is 39.6 Å². The van der Waals surface area contributed by atoms with Crippen molar-refractivity contribution >= 4 is 0 Å². The van der Waals surface area contributed by atoms with Gasteiger partial charge in [0.15, 0.2) is 6.30 Å². The second kappa shape index (κ2) is 15.1. The maximum atomic E-state index is 15.0. The third-order valence-electron chi connectivity index (χ3n) is 7.05. The van der Waals surface area contributed by atoms with Crippen LogP contribution in [-0.2, 0) is 10.6 Å². The molecular weight excluding hydrogens is 489 g/mol. The maximum Gasteiger partial charge on any atom is 0.332 e. The van der Waals surface area contributed by atoms with Gasteiger partial charge in [-0.15, -0.1) is 5.06 Å². The van der Waals surface area contributed by atoms with Crippen molar-refractivity contribution in [3.8, 4) is 0 Å². The summed E-state index contributed by atoms with van der Waals surface area (Å²) < 4.78 is 20.4. The smallest absolute Gasteiger partial charge is 0.332 e. The molecule has 1 aromatic heterocycles. The largest absolute Gasteiger partial charge is 0.394 e. The first-order chi connectivity index (χ1) is 17.6. The molecule has 0 radical (unpaired) electrons. The molecule has 6 N–H and O–H groups in total. The number of ether oxygens (including phenoxy) is 1. The quantitative estimate of drug-likeness (QED) is 0.0716. The van der Waals surface area contributed by atoms with E-state index in [4.69, 9.17) is 4.74 Å². The summed E-state index contributed by atoms with van der Waals surface area (Å²) >= 11 is 0. The van der Waals surface area contributed by atoms with Crippen molar-refractivity contribution in [1.29, 1.82) is 0 Å². The molecule has 0 spiro atoms. The Morgan fingerprint density at radius 3 is 2.03 bits per heavy atom. The fourth-order valence-electron chi connectivity index (χ4n) is 4.79. The standard InChI is InChI=1S/C25H44FN3O8/c1-2-3-4-5-6-7-8-9-10-11-12-13-14-15-20(26)29(36)24(34)22(32)19(18-30)37-25(24,35)28-17-16-21(31)27-23(28)33/h16-17,19-20,22,30,32,34-36H,2-15,18H2,1H3,(H,27,31,33)/t19-,20?,22-,24-,25+/m1/s1. The average Bonchev–Trinajstić information content (AvgIpc) is 3.07. The molecule has 2 heterocycles. The van der Waals surface area contributed by atoms with Crippen LogP contribution < -0.4 is 11.2 Å². The van der Waals surface area contributed by atoms with E-state index in [0.29, 0.717) is 17.4 Å². The molecule has 37 heavy (non-hydrogen) atoms. The van der Waals surface area contributed by atoms with E-state index in [1.807, 2.05) is 4.98 Å². The Bertz CT molecular complexity index is 914. The van der Waals surface area contributed by atoms with Crippen molar-refractivity contribution in [3.05, 3.63) is 33.1 Å². The van der Waals surface area contributed by atoms with Crippen LogP contribution in [0.1, 0.15) is 96.8 Å². The summed E-state index contributed by atoms with van der Waals surface area (Å²) in [6, 6.07) is 0.823. The number of nitrogens with one attached hydrogen (secondary N) is 1. The normalized spacial score (nSPS) is 26.7. The molecule has 214 valence electrons. The van der Waals surface area contributed by atoms with Gasteiger partial charge in [-0.05, 0) is 12.8 Å². The van der Waals surface area contributed by atoms with Crippen LogP contribution >= 0.6 is 0 Å². The van der Waals surface area contributed by atoms with Gasteiger partial charge in [-0.2, -0.15) is 0 Å². The SMILES string of the molecule is CCCCCCCCCCCCCCCC(F)N(O)[C@@]1(O)[C@H](O)[C@@H](CO)O[C@]1(O)n1ccc(=O)[nH]c1=O. The number of aliphatic hydroxyl groups is 4. The lowest BCUT2D eigenvalue weighted by atomic mass is 9.99. The number of alkyl halides is 1. The van der Waals surface area contributed by atoms with E-state index in [0.717, 1.165) is 31.5 Å². The van der Waals surface area contributed by atoms with Gasteiger partial charge in [0.25, 0.3) is 5.56 Å². The first-order valence-corrected chi connectivity index (χ1v) is 13.5. The molecule has 0 aliphatic carbocycles. The number of H-pyrrole nitrogens is 1. The van der Waals surface area contributed by atoms with Gasteiger partial charge in [-0.25, -0.2) is 13.8 Å². The predicted molar refractivity (Wildman–Crippen MR) is 133 cm³/mol. The Kier molecular flexibility index (Phi) is 12.8. The molecule has 0 aromatic carbocycles. The Balaban J connectivity index is 1.85. The lowest BCUT2D eigenvalue weighted by Gasteiger charge is -2.43. The molecular formula is C25H44FN3O8. The minimum absolute atomic E-state index is 0.232. The van der Waals surface area contributed by atoms with Crippen molar-refractivity contribution in [2.45, 2.75) is 127 Å². The van der Waals surface area contributed by atoms with Crippen LogP contribution in [-0.4, -0.2) is 71.1 Å². The predicted octanol–water partition coefficient (Wildman–Crippen LogP) is 2.05. The molecule has 0 bridgehead atoms. The minimum Gasteiger partial charge on any atom is -0.394 e. The van der Waals surface area contributed by atoms with Crippen LogP contribution in [0.3, 0.4) is 0 Å². The van der Waals surface area contributed by atoms with E-state index >= 15 is 0 Å². The summed E-state index contributed by atoms with van der Waals surface area (Å²) in [5, 5.41) is 52.4. The molecule has 11 nitrogen and oxygen atoms in total. The highest BCUT2D eigenvalue weighted by Crippen LogP contribution is 2.44. The van der Waals surface area contributed by atoms with E-state index in [2.05, 4.69) is 6.92 Å². The molecule has 1 fully saturated rings. The number of unbranched alkanes of at least 4 members (excludes halogenated alkanes) is 12. The van der Waals surface area contributed by atoms with Gasteiger partial charge in [-0.1, -0.05) is 84.0 Å². The first-order valence-electron chi connectivity index (χ1n) is 13.5. The van der Waals surface area contributed by atoms with E-state index in [1.165, 1.54) is 51.4 Å². The highest BCUT2D eigenvalue weighted by molar-refractivity contribution is 5.05. The van der Waals surface area contributed by atoms with Crippen molar-refractivity contribution in [2.75, 3.05) is 6.61 Å². The topological polar surface area (TPSA) is 168 Å². The first kappa shape index (κ1) is 31.5. The molecule has 0 amide bonds. The Hall–Kier alpha value is -1.67. The molecule has 1 aromatic rings. The van der Waals surface area contributed by atoms with Gasteiger partial charge in [0.2, 0.25) is 5.72 Å². The summed E-state index contributed by atoms with van der Waals surface area (Å²) in [7, 11) is 0. The monoisotopic (exact) mass is 533 g/mol. The van der Waals surface area contributed by atoms with Gasteiger partial charge >= 0.3 is 11.6 Å². The van der Waals surface area contributed by atoms with Gasteiger partial charge < -0.3 is 30.4 Å². The number of halogens is 1. The zero-order valence-corrected chi connectivity index (χ0v) is 21.7. The van der Waals surface area contributed by atoms with Crippen molar-refractivity contribution in [3.63, 3.8) is 0 Å². The molecule has 5 atom stereocenters. The number of hydrogen-bond acceptors (Lipinski definition) is 9. The lowest BCUT2D eigenvalue weighted by molar-refractivity contribution is -0.428. The number of aromatic amines is 1. The second-order valence-corrected chi connectivity index (χ2v) is 9.91. The van der Waals surface area contributed by atoms with Crippen LogP contribution in [0, 0.1) is 0 Å². The number of hydroxylamine groups is 2. The van der Waals surface area contributed by atoms with Gasteiger partial charge in [0.1, 0.15) is 12.2 Å². The molecule has 1 unspecified atom stereocenters. The Labute approximate surface area is 216 Å². The molecule has 1 aliphatic rings. The summed E-state index contributed by atoms with van der Waals surface area (Å²) in [5.74, 6) is -3.23. The fraction of sp³-hybridized carbons (Fsp3) is 0.840. The van der Waals surface area contributed by atoms with E-state index < -0.39 is 48.0 Å². The van der Waals surface area contributed by atoms with Crippen LogP contribution in [0.15, 0.2) is 21.9 Å². The molecule has 12 heteroatoms. The number of aliphatic hydroxyl groups excluding tert-OH is 2. The zero-order chi connectivity index (χ0) is 27.5. The van der Waals surface area contributed by atoms with Gasteiger partial charge in [0, 0.05) is 12.3 Å². The maximum absolute atomic E-state index is 15.0. The minimum atomic E-state index is -3.28. The summed E-state index contributed by atoms with van der Waals surface area (Å²) in [4.78, 5) is 25.5. The molecule has 1 aliphatic heterocycles. The number of rotatable bonds is 18.